The predicted molar refractivity (Wildman–Crippen MR) is 139 cm³/mol. The summed E-state index contributed by atoms with van der Waals surface area (Å²) < 4.78 is 31.7. The molecule has 0 bridgehead atoms. The first kappa shape index (κ1) is 40.4. The lowest BCUT2D eigenvalue weighted by atomic mass is 10.0. The van der Waals surface area contributed by atoms with Crippen molar-refractivity contribution in [3.05, 3.63) is 0 Å². The number of nitrogens with two attached hydrogens (primary N) is 3. The van der Waals surface area contributed by atoms with Crippen molar-refractivity contribution in [3.63, 3.8) is 0 Å². The van der Waals surface area contributed by atoms with E-state index in [1.807, 2.05) is 0 Å². The summed E-state index contributed by atoms with van der Waals surface area (Å²) in [4.78, 5) is 84.0. The molecule has 0 aromatic rings. The normalized spacial score (nSPS) is 13.6. The summed E-state index contributed by atoms with van der Waals surface area (Å²) in [5, 5.41) is 41.1. The first-order valence-corrected chi connectivity index (χ1v) is 12.3. The number of rotatable bonds is 17. The van der Waals surface area contributed by atoms with Gasteiger partial charge in [0.2, 0.25) is 17.7 Å². The molecular weight excluding hydrogens is 595 g/mol. The van der Waals surface area contributed by atoms with Gasteiger partial charge in [-0.05, 0) is 25.2 Å². The molecule has 13 N–H and O–H groups in total. The molecule has 0 aromatic heterocycles. The Morgan fingerprint density at radius 1 is 0.791 bits per heavy atom. The highest BCUT2D eigenvalue weighted by Crippen LogP contribution is 2.13. The molecule has 0 aliphatic heterocycles. The Morgan fingerprint density at radius 3 is 1.67 bits per heavy atom. The largest absolute Gasteiger partial charge is 0.490 e. The van der Waals surface area contributed by atoms with E-state index in [2.05, 4.69) is 20.9 Å². The molecule has 0 fully saturated rings. The van der Waals surface area contributed by atoms with Crippen molar-refractivity contribution in [1.82, 2.24) is 16.0 Å². The topological polar surface area (TPSA) is 327 Å². The van der Waals surface area contributed by atoms with Crippen LogP contribution < -0.4 is 33.2 Å². The lowest BCUT2D eigenvalue weighted by Crippen LogP contribution is -2.58. The van der Waals surface area contributed by atoms with Gasteiger partial charge in [-0.25, -0.2) is 9.59 Å². The van der Waals surface area contributed by atoms with E-state index >= 15 is 0 Å². The van der Waals surface area contributed by atoms with Gasteiger partial charge in [0.1, 0.15) is 18.1 Å². The second-order valence-electron chi connectivity index (χ2n) is 9.08. The number of hydrogen-bond donors (Lipinski definition) is 10. The van der Waals surface area contributed by atoms with E-state index in [-0.39, 0.29) is 18.9 Å². The van der Waals surface area contributed by atoms with Crippen LogP contribution >= 0.6 is 0 Å². The first-order chi connectivity index (χ1) is 19.6. The summed E-state index contributed by atoms with van der Waals surface area (Å²) in [5.74, 6) is -10.5. The van der Waals surface area contributed by atoms with Crippen LogP contribution in [0, 0.1) is 5.92 Å². The highest BCUT2D eigenvalue weighted by atomic mass is 19.4. The fourth-order valence-electron chi connectivity index (χ4n) is 2.89. The van der Waals surface area contributed by atoms with Crippen LogP contribution in [-0.2, 0) is 33.6 Å². The van der Waals surface area contributed by atoms with Crippen LogP contribution in [0.1, 0.15) is 46.0 Å². The third-order valence-corrected chi connectivity index (χ3v) is 5.07. The molecule has 0 aliphatic carbocycles. The fraction of sp³-hybridized carbons (Fsp3) is 0.636. The van der Waals surface area contributed by atoms with E-state index in [4.69, 9.17) is 37.3 Å². The number of carboxylic acids is 4. The second kappa shape index (κ2) is 19.4. The molecule has 18 nitrogen and oxygen atoms in total. The Balaban J connectivity index is 0. The number of hydrogen-bond acceptors (Lipinski definition) is 9. The molecule has 246 valence electrons. The van der Waals surface area contributed by atoms with Crippen molar-refractivity contribution in [2.45, 2.75) is 76.3 Å². The van der Waals surface area contributed by atoms with Crippen molar-refractivity contribution in [2.24, 2.45) is 28.1 Å². The maximum absolute atomic E-state index is 12.8. The molecule has 0 aliphatic rings. The number of nitrogens with one attached hydrogen (secondary N) is 3. The fourth-order valence-corrected chi connectivity index (χ4v) is 2.89. The first-order valence-electron chi connectivity index (χ1n) is 12.3. The number of guanidine groups is 1. The van der Waals surface area contributed by atoms with Gasteiger partial charge < -0.3 is 53.6 Å². The molecule has 0 unspecified atom stereocenters. The van der Waals surface area contributed by atoms with Crippen molar-refractivity contribution in [1.29, 1.82) is 0 Å². The molecule has 4 atom stereocenters. The van der Waals surface area contributed by atoms with Gasteiger partial charge in [0.25, 0.3) is 0 Å². The van der Waals surface area contributed by atoms with Crippen molar-refractivity contribution < 1.29 is 67.2 Å². The van der Waals surface area contributed by atoms with Crippen LogP contribution in [0.5, 0.6) is 0 Å². The number of carbonyl (C=O) groups excluding carboxylic acids is 3. The van der Waals surface area contributed by atoms with Gasteiger partial charge in [0.15, 0.2) is 5.96 Å². The van der Waals surface area contributed by atoms with E-state index in [9.17, 15) is 47.0 Å². The number of aliphatic imine (C=N–C) groups is 1. The van der Waals surface area contributed by atoms with Crippen LogP contribution in [0.25, 0.3) is 0 Å². The van der Waals surface area contributed by atoms with Gasteiger partial charge in [-0.2, -0.15) is 13.2 Å². The zero-order valence-corrected chi connectivity index (χ0v) is 23.1. The summed E-state index contributed by atoms with van der Waals surface area (Å²) >= 11 is 0. The van der Waals surface area contributed by atoms with Crippen molar-refractivity contribution in [2.75, 3.05) is 6.54 Å². The van der Waals surface area contributed by atoms with E-state index in [0.717, 1.165) is 0 Å². The smallest absolute Gasteiger partial charge is 0.481 e. The minimum absolute atomic E-state index is 0.131. The highest BCUT2D eigenvalue weighted by Gasteiger charge is 2.38. The van der Waals surface area contributed by atoms with E-state index in [0.29, 0.717) is 6.42 Å². The number of amides is 3. The molecule has 0 radical (unpaired) electrons. The Kier molecular flexibility index (Phi) is 18.3. The number of alkyl halides is 3. The maximum Gasteiger partial charge on any atom is 0.490 e. The molecule has 0 saturated heterocycles. The van der Waals surface area contributed by atoms with Gasteiger partial charge in [0.05, 0.1) is 12.5 Å². The summed E-state index contributed by atoms with van der Waals surface area (Å²) in [6.45, 7) is 3.23. The van der Waals surface area contributed by atoms with Gasteiger partial charge in [-0.1, -0.05) is 13.8 Å². The van der Waals surface area contributed by atoms with Crippen molar-refractivity contribution >= 4 is 47.6 Å². The summed E-state index contributed by atoms with van der Waals surface area (Å²) in [7, 11) is 0. The molecule has 21 heteroatoms. The minimum Gasteiger partial charge on any atom is -0.481 e. The average molecular weight is 632 g/mol. The second-order valence-corrected chi connectivity index (χ2v) is 9.08. The number of aliphatic carboxylic acids is 4. The van der Waals surface area contributed by atoms with Gasteiger partial charge in [-0.3, -0.25) is 29.0 Å². The van der Waals surface area contributed by atoms with E-state index in [1.165, 1.54) is 13.8 Å². The molecule has 3 amide bonds. The zero-order chi connectivity index (χ0) is 34.1. The van der Waals surface area contributed by atoms with Gasteiger partial charge in [-0.15, -0.1) is 0 Å². The number of carbonyl (C=O) groups is 7. The lowest BCUT2D eigenvalue weighted by Gasteiger charge is -2.25. The molecule has 0 heterocycles. The Bertz CT molecular complexity index is 1030. The highest BCUT2D eigenvalue weighted by molar-refractivity contribution is 5.95. The summed E-state index contributed by atoms with van der Waals surface area (Å²) in [6.07, 6.45) is -6.45. The summed E-state index contributed by atoms with van der Waals surface area (Å²) in [5.41, 5.74) is 16.2. The molecule has 0 spiro atoms. The third-order valence-electron chi connectivity index (χ3n) is 5.07. The maximum atomic E-state index is 12.8. The lowest BCUT2D eigenvalue weighted by molar-refractivity contribution is -0.192. The average Bonchev–Trinajstić information content (AvgIpc) is 2.85. The van der Waals surface area contributed by atoms with Crippen LogP contribution in [0.2, 0.25) is 0 Å². The Morgan fingerprint density at radius 2 is 1.28 bits per heavy atom. The van der Waals surface area contributed by atoms with Gasteiger partial charge in [0, 0.05) is 13.0 Å². The van der Waals surface area contributed by atoms with Crippen LogP contribution in [0.3, 0.4) is 0 Å². The molecule has 0 rings (SSSR count). The monoisotopic (exact) mass is 631 g/mol. The standard InChI is InChI=1S/C20H35N7O9.C2HF3O2/c1-9(2)15(19(35)36)27-18(34)12(8-14(30)31)26-17(33)11(5-6-13(28)29)25-16(32)10(21)4-3-7-24-20(22)23;3-2(4,5)1(6)7/h9-12,15H,3-8,21H2,1-2H3,(H,25,32)(H,26,33)(H,27,34)(H,28,29)(H,30,31)(H,35,36)(H4,22,23,24);(H,6,7)/t10-,11-,12-,15-;/m0./s1. The molecule has 0 saturated carbocycles. The third kappa shape index (κ3) is 19.1. The van der Waals surface area contributed by atoms with Crippen LogP contribution in [0.15, 0.2) is 4.99 Å². The summed E-state index contributed by atoms with van der Waals surface area (Å²) in [6, 6.07) is -5.63. The van der Waals surface area contributed by atoms with Crippen LogP contribution in [-0.4, -0.2) is 105 Å². The SMILES string of the molecule is CC(C)[C@H](NC(=O)[C@H](CC(=O)O)NC(=O)[C@H](CCC(=O)O)NC(=O)[C@@H](N)CCCN=C(N)N)C(=O)O.O=C(O)C(F)(F)F. The molecular formula is C22H36F3N7O11. The molecule has 0 aromatic carbocycles. The number of halogens is 3. The predicted octanol–water partition coefficient (Wildman–Crippen LogP) is -2.46. The molecule has 43 heavy (non-hydrogen) atoms. The van der Waals surface area contributed by atoms with Gasteiger partial charge >= 0.3 is 30.1 Å². The quantitative estimate of drug-likeness (QED) is 0.0452. The number of carboxylic acid groups (broad SMARTS) is 4. The Labute approximate surface area is 242 Å². The Hall–Kier alpha value is -4.69. The zero-order valence-electron chi connectivity index (χ0n) is 23.1. The van der Waals surface area contributed by atoms with Crippen LogP contribution in [0.4, 0.5) is 13.2 Å². The van der Waals surface area contributed by atoms with E-state index < -0.39 is 97.1 Å². The minimum atomic E-state index is -5.08. The van der Waals surface area contributed by atoms with Crippen molar-refractivity contribution in [3.8, 4) is 0 Å². The van der Waals surface area contributed by atoms with E-state index in [1.54, 1.807) is 0 Å². The number of nitrogens with zero attached hydrogens (tertiary/aromatic N) is 1.